The van der Waals surface area contributed by atoms with Gasteiger partial charge >= 0.3 is 5.82 Å². The van der Waals surface area contributed by atoms with Crippen molar-refractivity contribution < 1.29 is 4.92 Å². The van der Waals surface area contributed by atoms with Gasteiger partial charge < -0.3 is 15.0 Å². The monoisotopic (exact) mass is 349 g/mol. The summed E-state index contributed by atoms with van der Waals surface area (Å²) in [4.78, 5) is 22.0. The van der Waals surface area contributed by atoms with E-state index in [0.717, 1.165) is 32.7 Å². The average molecular weight is 349 g/mol. The lowest BCUT2D eigenvalue weighted by Crippen LogP contribution is -2.46. The van der Waals surface area contributed by atoms with Gasteiger partial charge in [0.15, 0.2) is 0 Å². The van der Waals surface area contributed by atoms with Crippen LogP contribution in [-0.2, 0) is 6.54 Å². The Bertz CT molecular complexity index is 818. The molecule has 23 heavy (non-hydrogen) atoms. The van der Waals surface area contributed by atoms with Crippen LogP contribution in [-0.4, -0.2) is 45.4 Å². The van der Waals surface area contributed by atoms with Gasteiger partial charge in [0.2, 0.25) is 5.82 Å². The second-order valence-corrected chi connectivity index (χ2v) is 7.32. The summed E-state index contributed by atoms with van der Waals surface area (Å²) in [7, 11) is 0. The maximum absolute atomic E-state index is 11.4. The number of nitro groups is 1. The molecule has 0 aliphatic carbocycles. The zero-order valence-electron chi connectivity index (χ0n) is 12.3. The van der Waals surface area contributed by atoms with Crippen molar-refractivity contribution in [3.8, 4) is 0 Å². The summed E-state index contributed by atoms with van der Waals surface area (Å²) >= 11 is 3.18. The zero-order valence-corrected chi connectivity index (χ0v) is 13.9. The molecule has 3 aromatic rings. The molecule has 1 saturated heterocycles. The Hall–Kier alpha value is -1.97. The number of thiophene rings is 1. The number of hydrogen-bond donors (Lipinski definition) is 0. The smallest absolute Gasteiger partial charge is 0.358 e. The van der Waals surface area contributed by atoms with Gasteiger partial charge in [0.25, 0.3) is 4.96 Å². The van der Waals surface area contributed by atoms with Crippen molar-refractivity contribution in [2.45, 2.75) is 6.54 Å². The van der Waals surface area contributed by atoms with Crippen LogP contribution in [0.15, 0.2) is 29.1 Å². The van der Waals surface area contributed by atoms with E-state index in [0.29, 0.717) is 10.8 Å². The van der Waals surface area contributed by atoms with Crippen molar-refractivity contribution in [3.05, 3.63) is 44.1 Å². The highest BCUT2D eigenvalue weighted by molar-refractivity contribution is 7.15. The molecule has 3 aromatic heterocycles. The SMILES string of the molecule is O=[N+]([O-])c1c(N2CCN(Cc3cccs3)CC2)nc2sccn12. The highest BCUT2D eigenvalue weighted by Crippen LogP contribution is 2.31. The van der Waals surface area contributed by atoms with E-state index in [1.807, 2.05) is 10.3 Å². The standard InChI is InChI=1S/C14H15N5O2S2/c20-19(21)13-12(15-14-18(13)7-9-23-14)17-5-3-16(4-6-17)10-11-2-1-8-22-11/h1-2,7-9H,3-6,10H2. The van der Waals surface area contributed by atoms with E-state index in [9.17, 15) is 10.1 Å². The van der Waals surface area contributed by atoms with Crippen LogP contribution >= 0.6 is 22.7 Å². The maximum Gasteiger partial charge on any atom is 0.373 e. The number of hydrogen-bond acceptors (Lipinski definition) is 7. The predicted octanol–water partition coefficient (Wildman–Crippen LogP) is 2.69. The number of imidazole rings is 1. The fourth-order valence-electron chi connectivity index (χ4n) is 2.88. The van der Waals surface area contributed by atoms with Gasteiger partial charge in [0.1, 0.15) is 6.20 Å². The molecule has 0 amide bonds. The predicted molar refractivity (Wildman–Crippen MR) is 91.5 cm³/mol. The van der Waals surface area contributed by atoms with Crippen molar-refractivity contribution >= 4 is 39.3 Å². The summed E-state index contributed by atoms with van der Waals surface area (Å²) in [5, 5.41) is 15.3. The molecule has 7 nitrogen and oxygen atoms in total. The number of fused-ring (bicyclic) bond motifs is 1. The number of piperazine rings is 1. The van der Waals surface area contributed by atoms with Gasteiger partial charge in [-0.3, -0.25) is 4.90 Å². The first-order valence-electron chi connectivity index (χ1n) is 7.32. The summed E-state index contributed by atoms with van der Waals surface area (Å²) in [6.07, 6.45) is 1.71. The van der Waals surface area contributed by atoms with Gasteiger partial charge in [-0.05, 0) is 16.4 Å². The summed E-state index contributed by atoms with van der Waals surface area (Å²) in [6, 6.07) is 4.21. The van der Waals surface area contributed by atoms with Crippen molar-refractivity contribution in [2.75, 3.05) is 31.1 Å². The van der Waals surface area contributed by atoms with Crippen LogP contribution in [0.3, 0.4) is 0 Å². The molecule has 1 aliphatic rings. The Kier molecular flexibility index (Phi) is 3.76. The van der Waals surface area contributed by atoms with Crippen LogP contribution < -0.4 is 4.90 Å². The Labute approximate surface area is 140 Å². The molecule has 9 heteroatoms. The molecule has 120 valence electrons. The van der Waals surface area contributed by atoms with Crippen molar-refractivity contribution in [1.82, 2.24) is 14.3 Å². The number of thiazole rings is 1. The molecule has 0 saturated carbocycles. The Morgan fingerprint density at radius 2 is 2.04 bits per heavy atom. The van der Waals surface area contributed by atoms with Crippen LogP contribution in [0.1, 0.15) is 4.88 Å². The highest BCUT2D eigenvalue weighted by atomic mass is 32.1. The Balaban J connectivity index is 1.51. The minimum atomic E-state index is -0.333. The third-order valence-electron chi connectivity index (χ3n) is 4.02. The first kappa shape index (κ1) is 14.6. The first-order chi connectivity index (χ1) is 11.2. The summed E-state index contributed by atoms with van der Waals surface area (Å²) in [5.74, 6) is 0.575. The van der Waals surface area contributed by atoms with E-state index in [-0.39, 0.29) is 10.7 Å². The molecule has 0 spiro atoms. The number of rotatable bonds is 4. The Morgan fingerprint density at radius 3 is 2.74 bits per heavy atom. The lowest BCUT2D eigenvalue weighted by Gasteiger charge is -2.34. The number of nitrogens with zero attached hydrogens (tertiary/aromatic N) is 5. The zero-order chi connectivity index (χ0) is 15.8. The average Bonchev–Trinajstić information content (AvgIpc) is 3.23. The van der Waals surface area contributed by atoms with Gasteiger partial charge in [-0.15, -0.1) is 11.3 Å². The summed E-state index contributed by atoms with van der Waals surface area (Å²) in [5.41, 5.74) is 0. The molecular formula is C14H15N5O2S2. The normalized spacial score (nSPS) is 16.3. The summed E-state index contributed by atoms with van der Waals surface area (Å²) in [6.45, 7) is 4.25. The summed E-state index contributed by atoms with van der Waals surface area (Å²) < 4.78 is 1.57. The molecular weight excluding hydrogens is 334 g/mol. The largest absolute Gasteiger partial charge is 0.373 e. The fourth-order valence-corrected chi connectivity index (χ4v) is 4.34. The highest BCUT2D eigenvalue weighted by Gasteiger charge is 2.30. The van der Waals surface area contributed by atoms with E-state index in [1.165, 1.54) is 16.2 Å². The van der Waals surface area contributed by atoms with Crippen molar-refractivity contribution in [3.63, 3.8) is 0 Å². The lowest BCUT2D eigenvalue weighted by atomic mass is 10.3. The van der Waals surface area contributed by atoms with Gasteiger partial charge in [-0.2, -0.15) is 9.38 Å². The topological polar surface area (TPSA) is 66.9 Å². The fraction of sp³-hybridized carbons (Fsp3) is 0.357. The molecule has 0 atom stereocenters. The van der Waals surface area contributed by atoms with E-state index in [4.69, 9.17) is 0 Å². The van der Waals surface area contributed by atoms with Gasteiger partial charge in [0, 0.05) is 43.0 Å². The van der Waals surface area contributed by atoms with Crippen molar-refractivity contribution in [1.29, 1.82) is 0 Å². The first-order valence-corrected chi connectivity index (χ1v) is 9.08. The second kappa shape index (κ2) is 5.91. The third-order valence-corrected chi connectivity index (χ3v) is 5.64. The van der Waals surface area contributed by atoms with E-state index >= 15 is 0 Å². The number of anilines is 1. The quantitative estimate of drug-likeness (QED) is 0.535. The van der Waals surface area contributed by atoms with Crippen LogP contribution in [0.25, 0.3) is 4.96 Å². The lowest BCUT2D eigenvalue weighted by molar-refractivity contribution is -0.389. The Morgan fingerprint density at radius 1 is 1.22 bits per heavy atom. The molecule has 4 rings (SSSR count). The third kappa shape index (κ3) is 2.71. The van der Waals surface area contributed by atoms with Gasteiger partial charge in [-0.1, -0.05) is 17.4 Å². The van der Waals surface area contributed by atoms with Crippen LogP contribution in [0.4, 0.5) is 11.6 Å². The molecule has 0 radical (unpaired) electrons. The van der Waals surface area contributed by atoms with Crippen LogP contribution in [0, 0.1) is 10.1 Å². The minimum Gasteiger partial charge on any atom is -0.358 e. The van der Waals surface area contributed by atoms with Crippen LogP contribution in [0.5, 0.6) is 0 Å². The van der Waals surface area contributed by atoms with E-state index < -0.39 is 0 Å². The molecule has 0 N–H and O–H groups in total. The van der Waals surface area contributed by atoms with Crippen molar-refractivity contribution in [2.24, 2.45) is 0 Å². The van der Waals surface area contributed by atoms with Gasteiger partial charge in [0.05, 0.1) is 0 Å². The molecule has 0 bridgehead atoms. The van der Waals surface area contributed by atoms with E-state index in [2.05, 4.69) is 27.4 Å². The molecule has 4 heterocycles. The number of aromatic nitrogens is 2. The molecule has 0 aromatic carbocycles. The maximum atomic E-state index is 11.4. The van der Waals surface area contributed by atoms with E-state index in [1.54, 1.807) is 21.9 Å². The molecule has 0 unspecified atom stereocenters. The minimum absolute atomic E-state index is 0.0768. The molecule has 1 aliphatic heterocycles. The van der Waals surface area contributed by atoms with Crippen LogP contribution in [0.2, 0.25) is 0 Å². The molecule has 1 fully saturated rings. The van der Waals surface area contributed by atoms with Gasteiger partial charge in [-0.25, -0.2) is 0 Å². The second-order valence-electron chi connectivity index (χ2n) is 5.41.